The Morgan fingerprint density at radius 3 is 2.64 bits per heavy atom. The summed E-state index contributed by atoms with van der Waals surface area (Å²) >= 11 is 1.34. The van der Waals surface area contributed by atoms with Crippen LogP contribution in [-0.2, 0) is 4.79 Å². The number of aliphatic carboxylic acids is 1. The molecule has 0 spiro atoms. The average molecular weight is 358 g/mol. The van der Waals surface area contributed by atoms with E-state index in [1.807, 2.05) is 5.38 Å². The number of amides is 2. The van der Waals surface area contributed by atoms with Crippen LogP contribution in [-0.4, -0.2) is 28.9 Å². The topological polar surface area (TPSA) is 95.5 Å². The van der Waals surface area contributed by atoms with E-state index >= 15 is 0 Å². The van der Waals surface area contributed by atoms with E-state index < -0.39 is 11.9 Å². The lowest BCUT2D eigenvalue weighted by molar-refractivity contribution is -0.142. The summed E-state index contributed by atoms with van der Waals surface area (Å²) in [6.45, 7) is 0. The third-order valence-corrected chi connectivity index (χ3v) is 5.15. The van der Waals surface area contributed by atoms with E-state index in [0.717, 1.165) is 6.42 Å². The highest BCUT2D eigenvalue weighted by atomic mass is 32.1. The molecule has 3 rings (SSSR count). The van der Waals surface area contributed by atoms with Gasteiger partial charge in [0.05, 0.1) is 10.8 Å². The van der Waals surface area contributed by atoms with Crippen LogP contribution in [0.5, 0.6) is 0 Å². The minimum atomic E-state index is -0.875. The Morgan fingerprint density at radius 2 is 1.92 bits per heavy atom. The molecule has 0 unspecified atom stereocenters. The summed E-state index contributed by atoms with van der Waals surface area (Å²) in [5.74, 6) is -1.97. The van der Waals surface area contributed by atoms with Crippen molar-refractivity contribution in [1.29, 1.82) is 0 Å². The Bertz CT molecular complexity index is 788. The number of rotatable bonds is 5. The molecular formula is C18H18N2O4S. The number of carbonyl (C=O) groups is 3. The Labute approximate surface area is 148 Å². The minimum Gasteiger partial charge on any atom is -0.481 e. The van der Waals surface area contributed by atoms with Gasteiger partial charge in [0.25, 0.3) is 11.8 Å². The molecule has 2 aromatic rings. The Balaban J connectivity index is 1.67. The van der Waals surface area contributed by atoms with E-state index in [-0.39, 0.29) is 17.9 Å². The third-order valence-electron chi connectivity index (χ3n) is 4.28. The SMILES string of the molecule is O=C(N[C@H]1CCC[C@H]1C(=O)O)c1cccc(NC(=O)c2cccs2)c1. The summed E-state index contributed by atoms with van der Waals surface area (Å²) < 4.78 is 0. The first kappa shape index (κ1) is 17.2. The molecule has 0 saturated heterocycles. The van der Waals surface area contributed by atoms with Gasteiger partial charge in [0.15, 0.2) is 0 Å². The summed E-state index contributed by atoms with van der Waals surface area (Å²) in [6, 6.07) is 9.79. The van der Waals surface area contributed by atoms with Gasteiger partial charge in [-0.3, -0.25) is 14.4 Å². The zero-order valence-electron chi connectivity index (χ0n) is 13.4. The fourth-order valence-corrected chi connectivity index (χ4v) is 3.64. The molecule has 2 atom stereocenters. The number of hydrogen-bond donors (Lipinski definition) is 3. The molecule has 1 aromatic heterocycles. The van der Waals surface area contributed by atoms with Gasteiger partial charge in [-0.2, -0.15) is 0 Å². The summed E-state index contributed by atoms with van der Waals surface area (Å²) in [5.41, 5.74) is 0.910. The van der Waals surface area contributed by atoms with Crippen molar-refractivity contribution >= 4 is 34.8 Å². The monoisotopic (exact) mass is 358 g/mol. The molecule has 0 aliphatic heterocycles. The number of thiophene rings is 1. The van der Waals surface area contributed by atoms with Crippen molar-refractivity contribution in [2.24, 2.45) is 5.92 Å². The number of benzene rings is 1. The fourth-order valence-electron chi connectivity index (χ4n) is 3.02. The molecule has 25 heavy (non-hydrogen) atoms. The molecule has 1 aromatic carbocycles. The van der Waals surface area contributed by atoms with Crippen molar-refractivity contribution in [3.8, 4) is 0 Å². The second kappa shape index (κ2) is 7.48. The molecular weight excluding hydrogens is 340 g/mol. The number of nitrogens with one attached hydrogen (secondary N) is 2. The van der Waals surface area contributed by atoms with Crippen LogP contribution < -0.4 is 10.6 Å². The van der Waals surface area contributed by atoms with Crippen LogP contribution in [0.4, 0.5) is 5.69 Å². The highest BCUT2D eigenvalue weighted by molar-refractivity contribution is 7.12. The van der Waals surface area contributed by atoms with Gasteiger partial charge in [0.2, 0.25) is 0 Å². The first-order valence-corrected chi connectivity index (χ1v) is 8.91. The Hall–Kier alpha value is -2.67. The van der Waals surface area contributed by atoms with E-state index in [1.165, 1.54) is 11.3 Å². The average Bonchev–Trinajstić information content (AvgIpc) is 3.26. The van der Waals surface area contributed by atoms with Crippen LogP contribution in [0.1, 0.15) is 39.3 Å². The molecule has 6 nitrogen and oxygen atoms in total. The van der Waals surface area contributed by atoms with Crippen molar-refractivity contribution in [2.75, 3.05) is 5.32 Å². The normalized spacial score (nSPS) is 19.4. The second-order valence-electron chi connectivity index (χ2n) is 5.97. The zero-order chi connectivity index (χ0) is 17.8. The minimum absolute atomic E-state index is 0.228. The maximum absolute atomic E-state index is 12.4. The van der Waals surface area contributed by atoms with E-state index in [1.54, 1.807) is 36.4 Å². The smallest absolute Gasteiger partial charge is 0.308 e. The van der Waals surface area contributed by atoms with Crippen LogP contribution in [0.25, 0.3) is 0 Å². The van der Waals surface area contributed by atoms with Gasteiger partial charge >= 0.3 is 5.97 Å². The maximum atomic E-state index is 12.4. The molecule has 1 aliphatic rings. The van der Waals surface area contributed by atoms with E-state index in [2.05, 4.69) is 10.6 Å². The van der Waals surface area contributed by atoms with E-state index in [4.69, 9.17) is 0 Å². The highest BCUT2D eigenvalue weighted by Gasteiger charge is 2.34. The number of hydrogen-bond acceptors (Lipinski definition) is 4. The number of anilines is 1. The van der Waals surface area contributed by atoms with Crippen LogP contribution in [0.3, 0.4) is 0 Å². The van der Waals surface area contributed by atoms with Gasteiger partial charge < -0.3 is 15.7 Å². The van der Waals surface area contributed by atoms with Crippen LogP contribution >= 0.6 is 11.3 Å². The fraction of sp³-hybridized carbons (Fsp3) is 0.278. The summed E-state index contributed by atoms with van der Waals surface area (Å²) in [7, 11) is 0. The first-order chi connectivity index (χ1) is 12.0. The first-order valence-electron chi connectivity index (χ1n) is 8.03. The van der Waals surface area contributed by atoms with Crippen LogP contribution in [0.15, 0.2) is 41.8 Å². The lowest BCUT2D eigenvalue weighted by Crippen LogP contribution is -2.40. The number of carboxylic acids is 1. The zero-order valence-corrected chi connectivity index (χ0v) is 14.2. The predicted octanol–water partition coefficient (Wildman–Crippen LogP) is 2.98. The summed E-state index contributed by atoms with van der Waals surface area (Å²) in [4.78, 5) is 36.3. The van der Waals surface area contributed by atoms with Crippen molar-refractivity contribution in [3.05, 3.63) is 52.2 Å². The molecule has 0 bridgehead atoms. The van der Waals surface area contributed by atoms with Crippen molar-refractivity contribution in [1.82, 2.24) is 5.32 Å². The predicted molar refractivity (Wildman–Crippen MR) is 94.9 cm³/mol. The largest absolute Gasteiger partial charge is 0.481 e. The van der Waals surface area contributed by atoms with Gasteiger partial charge in [-0.05, 0) is 42.5 Å². The molecule has 1 aliphatic carbocycles. The van der Waals surface area contributed by atoms with Crippen molar-refractivity contribution in [3.63, 3.8) is 0 Å². The molecule has 3 N–H and O–H groups in total. The maximum Gasteiger partial charge on any atom is 0.308 e. The van der Waals surface area contributed by atoms with Gasteiger partial charge in [-0.25, -0.2) is 0 Å². The van der Waals surface area contributed by atoms with Crippen LogP contribution in [0.2, 0.25) is 0 Å². The number of carboxylic acid groups (broad SMARTS) is 1. The van der Waals surface area contributed by atoms with Crippen molar-refractivity contribution in [2.45, 2.75) is 25.3 Å². The standard InChI is InChI=1S/C18H18N2O4S/c21-16(20-14-7-2-6-13(14)18(23)24)11-4-1-5-12(10-11)19-17(22)15-8-3-9-25-15/h1,3-5,8-10,13-14H,2,6-7H2,(H,19,22)(H,20,21)(H,23,24)/t13-,14+/m1/s1. The molecule has 2 amide bonds. The van der Waals surface area contributed by atoms with Gasteiger partial charge in [-0.1, -0.05) is 18.6 Å². The molecule has 1 fully saturated rings. The Kier molecular flexibility index (Phi) is 5.14. The second-order valence-corrected chi connectivity index (χ2v) is 6.92. The van der Waals surface area contributed by atoms with Gasteiger partial charge in [0.1, 0.15) is 0 Å². The van der Waals surface area contributed by atoms with Crippen LogP contribution in [0, 0.1) is 5.92 Å². The molecule has 1 heterocycles. The van der Waals surface area contributed by atoms with Gasteiger partial charge in [-0.15, -0.1) is 11.3 Å². The number of carbonyl (C=O) groups excluding carboxylic acids is 2. The third kappa shape index (κ3) is 4.06. The molecule has 0 radical (unpaired) electrons. The molecule has 1 saturated carbocycles. The highest BCUT2D eigenvalue weighted by Crippen LogP contribution is 2.26. The van der Waals surface area contributed by atoms with E-state index in [9.17, 15) is 19.5 Å². The van der Waals surface area contributed by atoms with Crippen molar-refractivity contribution < 1.29 is 19.5 Å². The lowest BCUT2D eigenvalue weighted by atomic mass is 10.0. The van der Waals surface area contributed by atoms with Gasteiger partial charge in [0, 0.05) is 17.3 Å². The molecule has 7 heteroatoms. The lowest BCUT2D eigenvalue weighted by Gasteiger charge is -2.17. The van der Waals surface area contributed by atoms with E-state index in [0.29, 0.717) is 29.0 Å². The summed E-state index contributed by atoms with van der Waals surface area (Å²) in [6.07, 6.45) is 2.04. The quantitative estimate of drug-likeness (QED) is 0.766. The summed E-state index contributed by atoms with van der Waals surface area (Å²) in [5, 5.41) is 16.6. The molecule has 130 valence electrons. The Morgan fingerprint density at radius 1 is 1.08 bits per heavy atom.